The molecule has 5 heteroatoms. The van der Waals surface area contributed by atoms with Crippen LogP contribution in [-0.4, -0.2) is 53.9 Å². The van der Waals surface area contributed by atoms with E-state index in [1.165, 1.54) is 16.9 Å². The highest BCUT2D eigenvalue weighted by molar-refractivity contribution is 7.20. The molecule has 2 aromatic heterocycles. The summed E-state index contributed by atoms with van der Waals surface area (Å²) in [6, 6.07) is 4.64. The molecule has 3 rings (SSSR count). The first-order valence-corrected chi connectivity index (χ1v) is 8.63. The van der Waals surface area contributed by atoms with Gasteiger partial charge in [-0.05, 0) is 38.4 Å². The molecule has 2 aromatic rings. The van der Waals surface area contributed by atoms with Crippen LogP contribution in [0.25, 0.3) is 10.2 Å². The van der Waals surface area contributed by atoms with Gasteiger partial charge in [-0.25, -0.2) is 4.98 Å². The highest BCUT2D eigenvalue weighted by Gasteiger charge is 2.32. The van der Waals surface area contributed by atoms with Crippen LogP contribution in [0.2, 0.25) is 0 Å². The average molecular weight is 317 g/mol. The molecule has 1 atom stereocenters. The van der Waals surface area contributed by atoms with Crippen molar-refractivity contribution >= 4 is 27.5 Å². The van der Waals surface area contributed by atoms with Crippen molar-refractivity contribution in [3.05, 3.63) is 28.8 Å². The molecular formula is C17H23N3OS. The molecule has 0 radical (unpaired) electrons. The van der Waals surface area contributed by atoms with Crippen molar-refractivity contribution in [3.8, 4) is 0 Å². The summed E-state index contributed by atoms with van der Waals surface area (Å²) < 4.78 is 0. The van der Waals surface area contributed by atoms with Crippen molar-refractivity contribution in [1.82, 2.24) is 14.8 Å². The van der Waals surface area contributed by atoms with Crippen LogP contribution >= 0.6 is 11.3 Å². The Morgan fingerprint density at radius 1 is 1.45 bits per heavy atom. The standard InChI is InChI=1S/C17H23N3OS/c1-11(2)20-9-7-12(10-20)14-13-6-5-8-18-16(13)22-15(14)17(21)19(3)4/h5-6,8,11-12H,7,9-10H2,1-4H3. The van der Waals surface area contributed by atoms with Gasteiger partial charge >= 0.3 is 0 Å². The summed E-state index contributed by atoms with van der Waals surface area (Å²) >= 11 is 1.54. The number of likely N-dealkylation sites (tertiary alicyclic amines) is 1. The topological polar surface area (TPSA) is 36.4 Å². The van der Waals surface area contributed by atoms with E-state index >= 15 is 0 Å². The highest BCUT2D eigenvalue weighted by Crippen LogP contribution is 2.40. The molecule has 0 spiro atoms. The lowest BCUT2D eigenvalue weighted by Gasteiger charge is -2.20. The molecule has 1 unspecified atom stereocenters. The largest absolute Gasteiger partial charge is 0.344 e. The fourth-order valence-corrected chi connectivity index (χ4v) is 4.46. The maximum atomic E-state index is 12.6. The predicted molar refractivity (Wildman–Crippen MR) is 91.7 cm³/mol. The van der Waals surface area contributed by atoms with E-state index in [1.807, 2.05) is 26.4 Å². The van der Waals surface area contributed by atoms with E-state index in [9.17, 15) is 4.79 Å². The third-order valence-electron chi connectivity index (χ3n) is 4.46. The van der Waals surface area contributed by atoms with E-state index in [0.29, 0.717) is 12.0 Å². The van der Waals surface area contributed by atoms with E-state index < -0.39 is 0 Å². The molecule has 22 heavy (non-hydrogen) atoms. The summed E-state index contributed by atoms with van der Waals surface area (Å²) in [6.07, 6.45) is 2.92. The second kappa shape index (κ2) is 5.97. The van der Waals surface area contributed by atoms with Crippen molar-refractivity contribution in [2.24, 2.45) is 0 Å². The molecule has 118 valence electrons. The Balaban J connectivity index is 2.07. The van der Waals surface area contributed by atoms with E-state index in [0.717, 1.165) is 34.6 Å². The summed E-state index contributed by atoms with van der Waals surface area (Å²) in [6.45, 7) is 6.62. The van der Waals surface area contributed by atoms with Crippen LogP contribution in [0.5, 0.6) is 0 Å². The Bertz CT molecular complexity index is 692. The number of pyridine rings is 1. The molecule has 0 N–H and O–H groups in total. The van der Waals surface area contributed by atoms with Gasteiger partial charge in [0.25, 0.3) is 5.91 Å². The molecule has 1 fully saturated rings. The van der Waals surface area contributed by atoms with Crippen molar-refractivity contribution in [3.63, 3.8) is 0 Å². The summed E-state index contributed by atoms with van der Waals surface area (Å²) in [4.78, 5) is 23.1. The minimum absolute atomic E-state index is 0.0981. The average Bonchev–Trinajstić information content (AvgIpc) is 3.10. The molecular weight excluding hydrogens is 294 g/mol. The van der Waals surface area contributed by atoms with Gasteiger partial charge in [-0.2, -0.15) is 0 Å². The number of hydrogen-bond donors (Lipinski definition) is 0. The van der Waals surface area contributed by atoms with E-state index in [-0.39, 0.29) is 5.91 Å². The van der Waals surface area contributed by atoms with Gasteiger partial charge < -0.3 is 9.80 Å². The van der Waals surface area contributed by atoms with Gasteiger partial charge in [0, 0.05) is 44.2 Å². The molecule has 3 heterocycles. The Labute approximate surface area is 135 Å². The number of aromatic nitrogens is 1. The van der Waals surface area contributed by atoms with Gasteiger partial charge in [0.05, 0.1) is 4.88 Å². The first-order chi connectivity index (χ1) is 10.5. The first-order valence-electron chi connectivity index (χ1n) is 7.82. The van der Waals surface area contributed by atoms with Gasteiger partial charge in [-0.3, -0.25) is 4.79 Å². The number of carbonyl (C=O) groups excluding carboxylic acids is 1. The molecule has 1 saturated heterocycles. The summed E-state index contributed by atoms with van der Waals surface area (Å²) in [7, 11) is 3.64. The first kappa shape index (κ1) is 15.4. The molecule has 1 aliphatic heterocycles. The lowest BCUT2D eigenvalue weighted by molar-refractivity contribution is 0.0831. The monoisotopic (exact) mass is 317 g/mol. The summed E-state index contributed by atoms with van der Waals surface area (Å²) in [5.41, 5.74) is 1.22. The van der Waals surface area contributed by atoms with Crippen LogP contribution in [0.4, 0.5) is 0 Å². The van der Waals surface area contributed by atoms with Crippen LogP contribution in [0, 0.1) is 0 Å². The maximum Gasteiger partial charge on any atom is 0.263 e. The number of rotatable bonds is 3. The van der Waals surface area contributed by atoms with Gasteiger partial charge in [0.15, 0.2) is 0 Å². The zero-order valence-electron chi connectivity index (χ0n) is 13.7. The molecule has 0 saturated carbocycles. The molecule has 0 aliphatic carbocycles. The SMILES string of the molecule is CC(C)N1CCC(c2c(C(=O)N(C)C)sc3ncccc23)C1. The number of amides is 1. The Morgan fingerprint density at radius 2 is 2.23 bits per heavy atom. The van der Waals surface area contributed by atoms with Gasteiger partial charge in [0.2, 0.25) is 0 Å². The zero-order valence-corrected chi connectivity index (χ0v) is 14.5. The Kier molecular flexibility index (Phi) is 4.19. The number of thiophene rings is 1. The van der Waals surface area contributed by atoms with E-state index in [1.54, 1.807) is 4.90 Å². The Morgan fingerprint density at radius 3 is 2.86 bits per heavy atom. The van der Waals surface area contributed by atoms with Crippen molar-refractivity contribution in [1.29, 1.82) is 0 Å². The molecule has 0 bridgehead atoms. The minimum Gasteiger partial charge on any atom is -0.344 e. The molecule has 4 nitrogen and oxygen atoms in total. The molecule has 1 amide bonds. The quantitative estimate of drug-likeness (QED) is 0.872. The predicted octanol–water partition coefficient (Wildman–Crippen LogP) is 3.20. The van der Waals surface area contributed by atoms with Gasteiger partial charge in [-0.15, -0.1) is 11.3 Å². The lowest BCUT2D eigenvalue weighted by Crippen LogP contribution is -2.28. The second-order valence-electron chi connectivity index (χ2n) is 6.47. The van der Waals surface area contributed by atoms with Crippen LogP contribution in [0.15, 0.2) is 18.3 Å². The highest BCUT2D eigenvalue weighted by atomic mass is 32.1. The van der Waals surface area contributed by atoms with E-state index in [4.69, 9.17) is 0 Å². The lowest BCUT2D eigenvalue weighted by atomic mass is 9.95. The smallest absolute Gasteiger partial charge is 0.263 e. The maximum absolute atomic E-state index is 12.6. The summed E-state index contributed by atoms with van der Waals surface area (Å²) in [5.74, 6) is 0.528. The van der Waals surface area contributed by atoms with Crippen molar-refractivity contribution in [2.45, 2.75) is 32.2 Å². The second-order valence-corrected chi connectivity index (χ2v) is 7.47. The van der Waals surface area contributed by atoms with E-state index in [2.05, 4.69) is 29.8 Å². The van der Waals surface area contributed by atoms with Gasteiger partial charge in [-0.1, -0.05) is 6.07 Å². The Hall–Kier alpha value is -1.46. The fourth-order valence-electron chi connectivity index (χ4n) is 3.21. The number of hydrogen-bond acceptors (Lipinski definition) is 4. The van der Waals surface area contributed by atoms with Crippen LogP contribution in [0.1, 0.15) is 41.4 Å². The van der Waals surface area contributed by atoms with Crippen LogP contribution in [-0.2, 0) is 0 Å². The number of nitrogens with zero attached hydrogens (tertiary/aromatic N) is 3. The summed E-state index contributed by atoms with van der Waals surface area (Å²) in [5, 5.41) is 1.16. The fraction of sp³-hybridized carbons (Fsp3) is 0.529. The normalized spacial score (nSPS) is 19.2. The van der Waals surface area contributed by atoms with Crippen LogP contribution < -0.4 is 0 Å². The van der Waals surface area contributed by atoms with Crippen molar-refractivity contribution in [2.75, 3.05) is 27.2 Å². The molecule has 0 aromatic carbocycles. The third kappa shape index (κ3) is 2.63. The minimum atomic E-state index is 0.0981. The number of carbonyl (C=O) groups is 1. The third-order valence-corrected chi connectivity index (χ3v) is 5.58. The number of fused-ring (bicyclic) bond motifs is 1. The van der Waals surface area contributed by atoms with Gasteiger partial charge in [0.1, 0.15) is 4.83 Å². The van der Waals surface area contributed by atoms with Crippen molar-refractivity contribution < 1.29 is 4.79 Å². The van der Waals surface area contributed by atoms with Crippen LogP contribution in [0.3, 0.4) is 0 Å². The molecule has 1 aliphatic rings. The zero-order chi connectivity index (χ0) is 15.9.